The normalized spacial score (nSPS) is 12.7. The van der Waals surface area contributed by atoms with Gasteiger partial charge in [-0.15, -0.1) is 0 Å². The van der Waals surface area contributed by atoms with Crippen LogP contribution in [0.4, 0.5) is 0 Å². The fraction of sp³-hybridized carbons (Fsp3) is 0.636. The monoisotopic (exact) mass is 304 g/mol. The van der Waals surface area contributed by atoms with Gasteiger partial charge in [-0.2, -0.15) is 5.10 Å². The number of hydrogen-bond acceptors (Lipinski definition) is 3. The van der Waals surface area contributed by atoms with Gasteiger partial charge in [0.15, 0.2) is 6.10 Å². The standard InChI is InChI=1S/C11H17BrN2O3/c1-4-8-10(12)9(14(5-2)13-8)6-17-7(3)11(15)16/h7H,4-6H2,1-3H3,(H,15,16)/t7-/m0/s1. The van der Waals surface area contributed by atoms with Crippen molar-refractivity contribution < 1.29 is 14.6 Å². The summed E-state index contributed by atoms with van der Waals surface area (Å²) in [6.07, 6.45) is 0.0156. The van der Waals surface area contributed by atoms with Crippen LogP contribution in [0.2, 0.25) is 0 Å². The van der Waals surface area contributed by atoms with Crippen molar-refractivity contribution in [1.82, 2.24) is 9.78 Å². The van der Waals surface area contributed by atoms with Crippen LogP contribution in [0.15, 0.2) is 4.47 Å². The zero-order chi connectivity index (χ0) is 13.0. The summed E-state index contributed by atoms with van der Waals surface area (Å²) in [6.45, 7) is 6.51. The van der Waals surface area contributed by atoms with Crippen molar-refractivity contribution in [3.05, 3.63) is 15.9 Å². The highest BCUT2D eigenvalue weighted by molar-refractivity contribution is 9.10. The molecule has 0 bridgehead atoms. The second-order valence-electron chi connectivity index (χ2n) is 3.67. The van der Waals surface area contributed by atoms with E-state index in [2.05, 4.69) is 21.0 Å². The summed E-state index contributed by atoms with van der Waals surface area (Å²) in [5.74, 6) is -0.959. The fourth-order valence-electron chi connectivity index (χ4n) is 1.43. The quantitative estimate of drug-likeness (QED) is 0.875. The van der Waals surface area contributed by atoms with Crippen LogP contribution in [0.5, 0.6) is 0 Å². The van der Waals surface area contributed by atoms with Gasteiger partial charge in [-0.1, -0.05) is 6.92 Å². The third-order valence-electron chi connectivity index (χ3n) is 2.51. The first-order valence-electron chi connectivity index (χ1n) is 5.59. The van der Waals surface area contributed by atoms with Gasteiger partial charge in [-0.3, -0.25) is 4.68 Å². The summed E-state index contributed by atoms with van der Waals surface area (Å²) in [5.41, 5.74) is 1.85. The molecule has 0 unspecified atom stereocenters. The lowest BCUT2D eigenvalue weighted by molar-refractivity contribution is -0.150. The number of hydrogen-bond donors (Lipinski definition) is 1. The molecule has 5 nitrogen and oxygen atoms in total. The molecule has 96 valence electrons. The van der Waals surface area contributed by atoms with Gasteiger partial charge in [-0.25, -0.2) is 4.79 Å². The molecule has 0 radical (unpaired) electrons. The maximum atomic E-state index is 10.7. The number of ether oxygens (including phenoxy) is 1. The van der Waals surface area contributed by atoms with Gasteiger partial charge in [-0.05, 0) is 36.2 Å². The van der Waals surface area contributed by atoms with Crippen molar-refractivity contribution in [2.45, 2.75) is 46.4 Å². The Balaban J connectivity index is 2.82. The molecule has 1 heterocycles. The largest absolute Gasteiger partial charge is 0.479 e. The van der Waals surface area contributed by atoms with Gasteiger partial charge >= 0.3 is 5.97 Å². The molecule has 0 fully saturated rings. The Hall–Kier alpha value is -0.880. The maximum Gasteiger partial charge on any atom is 0.332 e. The Morgan fingerprint density at radius 3 is 2.71 bits per heavy atom. The van der Waals surface area contributed by atoms with Crippen molar-refractivity contribution >= 4 is 21.9 Å². The van der Waals surface area contributed by atoms with Crippen LogP contribution < -0.4 is 0 Å². The van der Waals surface area contributed by atoms with Crippen molar-refractivity contribution in [3.63, 3.8) is 0 Å². The first-order chi connectivity index (χ1) is 8.01. The van der Waals surface area contributed by atoms with E-state index < -0.39 is 12.1 Å². The first-order valence-corrected chi connectivity index (χ1v) is 6.38. The number of rotatable bonds is 6. The molecule has 0 aromatic carbocycles. The van der Waals surface area contributed by atoms with Crippen molar-refractivity contribution in [2.75, 3.05) is 0 Å². The maximum absolute atomic E-state index is 10.7. The molecule has 1 rings (SSSR count). The van der Waals surface area contributed by atoms with E-state index in [1.807, 2.05) is 18.5 Å². The summed E-state index contributed by atoms with van der Waals surface area (Å²) in [4.78, 5) is 10.7. The van der Waals surface area contributed by atoms with E-state index in [1.54, 1.807) is 0 Å². The van der Waals surface area contributed by atoms with Crippen LogP contribution >= 0.6 is 15.9 Å². The topological polar surface area (TPSA) is 64.4 Å². The van der Waals surface area contributed by atoms with Gasteiger partial charge in [0.2, 0.25) is 0 Å². The number of aliphatic carboxylic acids is 1. The summed E-state index contributed by atoms with van der Waals surface area (Å²) in [7, 11) is 0. The van der Waals surface area contributed by atoms with Crippen molar-refractivity contribution in [2.24, 2.45) is 0 Å². The second-order valence-corrected chi connectivity index (χ2v) is 4.46. The number of halogens is 1. The zero-order valence-electron chi connectivity index (χ0n) is 10.2. The Kier molecular flexibility index (Phi) is 5.14. The molecule has 0 aliphatic carbocycles. The molecule has 0 aliphatic rings. The number of carboxylic acid groups (broad SMARTS) is 1. The smallest absolute Gasteiger partial charge is 0.332 e. The summed E-state index contributed by atoms with van der Waals surface area (Å²) in [5, 5.41) is 13.2. The highest BCUT2D eigenvalue weighted by Gasteiger charge is 2.17. The average molecular weight is 305 g/mol. The number of carboxylic acids is 1. The molecular formula is C11H17BrN2O3. The van der Waals surface area contributed by atoms with E-state index in [-0.39, 0.29) is 6.61 Å². The van der Waals surface area contributed by atoms with Gasteiger partial charge in [0.25, 0.3) is 0 Å². The minimum absolute atomic E-state index is 0.245. The minimum atomic E-state index is -0.959. The average Bonchev–Trinajstić information content (AvgIpc) is 2.62. The van der Waals surface area contributed by atoms with Crippen LogP contribution in [0.25, 0.3) is 0 Å². The van der Waals surface area contributed by atoms with Gasteiger partial charge < -0.3 is 9.84 Å². The molecule has 6 heteroatoms. The van der Waals surface area contributed by atoms with Gasteiger partial charge in [0, 0.05) is 6.54 Å². The Morgan fingerprint density at radius 2 is 2.24 bits per heavy atom. The Bertz CT molecular complexity index is 404. The van der Waals surface area contributed by atoms with Crippen LogP contribution in [0.1, 0.15) is 32.2 Å². The molecule has 0 saturated carbocycles. The van der Waals surface area contributed by atoms with E-state index in [0.717, 1.165) is 28.8 Å². The number of aromatic nitrogens is 2. The van der Waals surface area contributed by atoms with Crippen LogP contribution in [0.3, 0.4) is 0 Å². The van der Waals surface area contributed by atoms with Crippen molar-refractivity contribution in [1.29, 1.82) is 0 Å². The number of carbonyl (C=O) groups is 1. The molecule has 0 amide bonds. The lowest BCUT2D eigenvalue weighted by Crippen LogP contribution is -2.20. The number of nitrogens with zero attached hydrogens (tertiary/aromatic N) is 2. The number of aryl methyl sites for hydroxylation is 2. The van der Waals surface area contributed by atoms with E-state index >= 15 is 0 Å². The van der Waals surface area contributed by atoms with Crippen molar-refractivity contribution in [3.8, 4) is 0 Å². The molecule has 17 heavy (non-hydrogen) atoms. The SMILES string of the molecule is CCc1nn(CC)c(CO[C@@H](C)C(=O)O)c1Br. The predicted octanol–water partition coefficient (Wildman–Crippen LogP) is 2.22. The third kappa shape index (κ3) is 3.29. The molecule has 0 saturated heterocycles. The second kappa shape index (κ2) is 6.16. The summed E-state index contributed by atoms with van der Waals surface area (Å²) in [6, 6.07) is 0. The van der Waals surface area contributed by atoms with Gasteiger partial charge in [0.05, 0.1) is 22.5 Å². The van der Waals surface area contributed by atoms with E-state index in [0.29, 0.717) is 0 Å². The molecule has 1 N–H and O–H groups in total. The van der Waals surface area contributed by atoms with E-state index in [9.17, 15) is 4.79 Å². The highest BCUT2D eigenvalue weighted by Crippen LogP contribution is 2.23. The van der Waals surface area contributed by atoms with Crippen LogP contribution in [-0.4, -0.2) is 27.0 Å². The Morgan fingerprint density at radius 1 is 1.59 bits per heavy atom. The molecule has 1 aromatic rings. The lowest BCUT2D eigenvalue weighted by atomic mass is 10.3. The zero-order valence-corrected chi connectivity index (χ0v) is 11.8. The van der Waals surface area contributed by atoms with E-state index in [1.165, 1.54) is 6.92 Å². The molecule has 1 atom stereocenters. The molecular weight excluding hydrogens is 288 g/mol. The Labute approximate surface area is 109 Å². The summed E-state index contributed by atoms with van der Waals surface area (Å²) >= 11 is 3.48. The minimum Gasteiger partial charge on any atom is -0.479 e. The summed E-state index contributed by atoms with van der Waals surface area (Å²) < 4.78 is 8.03. The van der Waals surface area contributed by atoms with Gasteiger partial charge in [0.1, 0.15) is 0 Å². The first kappa shape index (κ1) is 14.2. The lowest BCUT2D eigenvalue weighted by Gasteiger charge is -2.09. The molecule has 0 spiro atoms. The molecule has 0 aliphatic heterocycles. The molecule has 1 aromatic heterocycles. The predicted molar refractivity (Wildman–Crippen MR) is 66.9 cm³/mol. The third-order valence-corrected chi connectivity index (χ3v) is 3.43. The van der Waals surface area contributed by atoms with Crippen LogP contribution in [-0.2, 0) is 29.1 Å². The van der Waals surface area contributed by atoms with E-state index in [4.69, 9.17) is 9.84 Å². The highest BCUT2D eigenvalue weighted by atomic mass is 79.9. The van der Waals surface area contributed by atoms with Crippen LogP contribution in [0, 0.1) is 0 Å². The fourth-order valence-corrected chi connectivity index (χ4v) is 2.11.